The number of allylic oxidation sites excluding steroid dienone is 2. The van der Waals surface area contributed by atoms with Gasteiger partial charge in [-0.15, -0.1) is 0 Å². The van der Waals surface area contributed by atoms with Gasteiger partial charge >= 0.3 is 0 Å². The molecule has 6 heteroatoms. The Morgan fingerprint density at radius 2 is 1.80 bits per heavy atom. The van der Waals surface area contributed by atoms with Crippen molar-refractivity contribution in [3.8, 4) is 18.2 Å². The van der Waals surface area contributed by atoms with E-state index < -0.39 is 0 Å². The van der Waals surface area contributed by atoms with E-state index in [1.165, 1.54) is 0 Å². The highest BCUT2D eigenvalue weighted by Crippen LogP contribution is 2.24. The van der Waals surface area contributed by atoms with E-state index in [1.807, 2.05) is 6.07 Å². The third kappa shape index (κ3) is 2.52. The molecule has 0 aliphatic carbocycles. The van der Waals surface area contributed by atoms with Crippen LogP contribution in [0.25, 0.3) is 10.9 Å². The van der Waals surface area contributed by atoms with Crippen molar-refractivity contribution in [2.24, 2.45) is 0 Å². The predicted molar refractivity (Wildman–Crippen MR) is 74.2 cm³/mol. The van der Waals surface area contributed by atoms with Crippen LogP contribution >= 0.6 is 11.6 Å². The molecule has 0 aliphatic rings. The molecule has 1 aromatic heterocycles. The summed E-state index contributed by atoms with van der Waals surface area (Å²) < 4.78 is 0. The molecule has 0 saturated carbocycles. The van der Waals surface area contributed by atoms with E-state index >= 15 is 0 Å². The van der Waals surface area contributed by atoms with Crippen LogP contribution in [0.5, 0.6) is 0 Å². The Labute approximate surface area is 119 Å². The fourth-order valence-electron chi connectivity index (χ4n) is 1.64. The molecule has 94 valence electrons. The molecular formula is C14H6ClN5. The number of pyridine rings is 1. The minimum Gasteiger partial charge on any atom is -0.343 e. The fraction of sp³-hybridized carbons (Fsp3) is 0. The van der Waals surface area contributed by atoms with Crippen molar-refractivity contribution in [1.82, 2.24) is 4.98 Å². The van der Waals surface area contributed by atoms with Crippen LogP contribution in [0.1, 0.15) is 0 Å². The molecule has 1 heterocycles. The molecule has 0 radical (unpaired) electrons. The molecule has 0 fully saturated rings. The van der Waals surface area contributed by atoms with Gasteiger partial charge in [0, 0.05) is 5.39 Å². The van der Waals surface area contributed by atoms with Gasteiger partial charge < -0.3 is 5.32 Å². The van der Waals surface area contributed by atoms with Crippen LogP contribution in [0.3, 0.4) is 0 Å². The lowest BCUT2D eigenvalue weighted by atomic mass is 10.1. The first kappa shape index (κ1) is 13.4. The van der Waals surface area contributed by atoms with E-state index in [1.54, 1.807) is 42.5 Å². The highest BCUT2D eigenvalue weighted by Gasteiger charge is 2.09. The standard InChI is InChI=1S/C14H6ClN5/c15-13-5-4-9-2-1-3-11(14(9)20-13)19-12(8-18)10(6-16)7-17/h1-5,19H. The number of nitrogens with one attached hydrogen (secondary N) is 1. The lowest BCUT2D eigenvalue weighted by Gasteiger charge is -2.08. The normalized spacial score (nSPS) is 9.10. The van der Waals surface area contributed by atoms with Gasteiger partial charge in [-0.1, -0.05) is 23.7 Å². The zero-order valence-corrected chi connectivity index (χ0v) is 10.8. The highest BCUT2D eigenvalue weighted by molar-refractivity contribution is 6.29. The summed E-state index contributed by atoms with van der Waals surface area (Å²) >= 11 is 5.86. The number of nitriles is 3. The van der Waals surface area contributed by atoms with Crippen LogP contribution in [0.2, 0.25) is 5.15 Å². The molecule has 2 rings (SSSR count). The van der Waals surface area contributed by atoms with Crippen molar-refractivity contribution in [1.29, 1.82) is 15.8 Å². The minimum atomic E-state index is -0.286. The van der Waals surface area contributed by atoms with E-state index in [-0.39, 0.29) is 11.3 Å². The van der Waals surface area contributed by atoms with Gasteiger partial charge in [-0.05, 0) is 18.2 Å². The fourth-order valence-corrected chi connectivity index (χ4v) is 1.79. The van der Waals surface area contributed by atoms with Crippen LogP contribution in [0.4, 0.5) is 5.69 Å². The number of anilines is 1. The van der Waals surface area contributed by atoms with Crippen LogP contribution in [0, 0.1) is 34.0 Å². The second-order valence-corrected chi connectivity index (χ2v) is 4.11. The lowest BCUT2D eigenvalue weighted by molar-refractivity contribution is 1.36. The maximum atomic E-state index is 9.03. The van der Waals surface area contributed by atoms with Crippen LogP contribution in [-0.4, -0.2) is 4.98 Å². The van der Waals surface area contributed by atoms with Crippen molar-refractivity contribution in [3.63, 3.8) is 0 Å². The maximum absolute atomic E-state index is 9.03. The molecule has 5 nitrogen and oxygen atoms in total. The Morgan fingerprint density at radius 3 is 2.45 bits per heavy atom. The second kappa shape index (κ2) is 5.71. The quantitative estimate of drug-likeness (QED) is 0.673. The molecule has 0 amide bonds. The number of para-hydroxylation sites is 1. The molecule has 0 aliphatic heterocycles. The Morgan fingerprint density at radius 1 is 1.05 bits per heavy atom. The van der Waals surface area contributed by atoms with Gasteiger partial charge in [0.2, 0.25) is 0 Å². The van der Waals surface area contributed by atoms with Crippen molar-refractivity contribution in [2.75, 3.05) is 5.32 Å². The van der Waals surface area contributed by atoms with Gasteiger partial charge in [0.25, 0.3) is 0 Å². The van der Waals surface area contributed by atoms with Crippen molar-refractivity contribution >= 4 is 28.2 Å². The molecule has 0 spiro atoms. The second-order valence-electron chi connectivity index (χ2n) is 3.72. The number of aromatic nitrogens is 1. The monoisotopic (exact) mass is 279 g/mol. The van der Waals surface area contributed by atoms with Gasteiger partial charge in [-0.2, -0.15) is 15.8 Å². The first-order chi connectivity index (χ1) is 9.69. The first-order valence-electron chi connectivity index (χ1n) is 5.46. The number of fused-ring (bicyclic) bond motifs is 1. The van der Waals surface area contributed by atoms with Gasteiger partial charge in [0.05, 0.1) is 11.2 Å². The number of nitrogens with zero attached hydrogens (tertiary/aromatic N) is 4. The highest BCUT2D eigenvalue weighted by atomic mass is 35.5. The Kier molecular flexibility index (Phi) is 3.82. The summed E-state index contributed by atoms with van der Waals surface area (Å²) in [5.74, 6) is 0. The van der Waals surface area contributed by atoms with Gasteiger partial charge in [0.1, 0.15) is 29.1 Å². The predicted octanol–water partition coefficient (Wildman–Crippen LogP) is 3.12. The summed E-state index contributed by atoms with van der Waals surface area (Å²) in [6.45, 7) is 0. The number of rotatable bonds is 2. The third-order valence-corrected chi connectivity index (χ3v) is 2.74. The average Bonchev–Trinajstić information content (AvgIpc) is 2.47. The van der Waals surface area contributed by atoms with Crippen LogP contribution < -0.4 is 5.32 Å². The summed E-state index contributed by atoms with van der Waals surface area (Å²) in [4.78, 5) is 4.18. The minimum absolute atomic E-state index is 0.121. The van der Waals surface area contributed by atoms with Crippen molar-refractivity contribution in [2.45, 2.75) is 0 Å². The van der Waals surface area contributed by atoms with Gasteiger partial charge in [-0.25, -0.2) is 4.98 Å². The molecule has 0 bridgehead atoms. The summed E-state index contributed by atoms with van der Waals surface area (Å²) in [5.41, 5.74) is 0.656. The Hall–Kier alpha value is -3.07. The molecule has 0 saturated heterocycles. The number of hydrogen-bond donors (Lipinski definition) is 1. The van der Waals surface area contributed by atoms with E-state index in [4.69, 9.17) is 27.4 Å². The largest absolute Gasteiger partial charge is 0.343 e. The van der Waals surface area contributed by atoms with E-state index in [2.05, 4.69) is 10.3 Å². The number of benzene rings is 1. The zero-order chi connectivity index (χ0) is 14.5. The number of halogens is 1. The molecule has 20 heavy (non-hydrogen) atoms. The molecule has 0 unspecified atom stereocenters. The topological polar surface area (TPSA) is 96.3 Å². The Balaban J connectivity index is 2.59. The molecule has 1 N–H and O–H groups in total. The van der Waals surface area contributed by atoms with Crippen molar-refractivity contribution in [3.05, 3.63) is 46.8 Å². The lowest BCUT2D eigenvalue weighted by Crippen LogP contribution is -2.01. The van der Waals surface area contributed by atoms with Crippen LogP contribution in [-0.2, 0) is 0 Å². The third-order valence-electron chi connectivity index (χ3n) is 2.53. The SMILES string of the molecule is N#CC(C#N)=C(C#N)Nc1cccc2ccc(Cl)nc12. The maximum Gasteiger partial charge on any atom is 0.163 e. The smallest absolute Gasteiger partial charge is 0.163 e. The van der Waals surface area contributed by atoms with E-state index in [0.717, 1.165) is 5.39 Å². The number of hydrogen-bond acceptors (Lipinski definition) is 5. The molecule has 1 aromatic carbocycles. The summed E-state index contributed by atoms with van der Waals surface area (Å²) in [5, 5.41) is 30.5. The zero-order valence-electron chi connectivity index (χ0n) is 10.1. The molecule has 0 atom stereocenters. The molecular weight excluding hydrogens is 274 g/mol. The summed E-state index contributed by atoms with van der Waals surface area (Å²) in [6.07, 6.45) is 0. The van der Waals surface area contributed by atoms with Gasteiger partial charge in [0.15, 0.2) is 5.57 Å². The van der Waals surface area contributed by atoms with Crippen LogP contribution in [0.15, 0.2) is 41.6 Å². The van der Waals surface area contributed by atoms with E-state index in [0.29, 0.717) is 16.4 Å². The first-order valence-corrected chi connectivity index (χ1v) is 5.84. The summed E-state index contributed by atoms with van der Waals surface area (Å²) in [7, 11) is 0. The van der Waals surface area contributed by atoms with Crippen molar-refractivity contribution < 1.29 is 0 Å². The summed E-state index contributed by atoms with van der Waals surface area (Å²) in [6, 6.07) is 13.9. The Bertz CT molecular complexity index is 817. The van der Waals surface area contributed by atoms with E-state index in [9.17, 15) is 0 Å². The average molecular weight is 280 g/mol. The van der Waals surface area contributed by atoms with Gasteiger partial charge in [-0.3, -0.25) is 0 Å². The molecule has 2 aromatic rings.